The van der Waals surface area contributed by atoms with E-state index in [1.165, 1.54) is 29.2 Å². The molecular weight excluding hydrogens is 233 g/mol. The fourth-order valence-electron chi connectivity index (χ4n) is 1.37. The molecule has 1 aromatic carbocycles. The first kappa shape index (κ1) is 11.0. The van der Waals surface area contributed by atoms with Crippen LogP contribution in [-0.2, 0) is 13.2 Å². The summed E-state index contributed by atoms with van der Waals surface area (Å²) in [6.07, 6.45) is 1.33. The van der Waals surface area contributed by atoms with Gasteiger partial charge in [-0.3, -0.25) is 0 Å². The van der Waals surface area contributed by atoms with Crippen LogP contribution in [0, 0.1) is 5.82 Å². The Morgan fingerprint density at radius 1 is 1.44 bits per heavy atom. The van der Waals surface area contributed by atoms with Gasteiger partial charge in [-0.15, -0.1) is 0 Å². The largest absolute Gasteiger partial charge is 0.388 e. The summed E-state index contributed by atoms with van der Waals surface area (Å²) in [5, 5.41) is 13.4. The van der Waals surface area contributed by atoms with Crippen LogP contribution in [0.1, 0.15) is 11.4 Å². The maximum atomic E-state index is 13.0. The molecule has 1 heterocycles. The number of hydrogen-bond acceptors (Lipinski definition) is 3. The molecule has 1 N–H and O–H groups in total. The minimum Gasteiger partial charge on any atom is -0.388 e. The summed E-state index contributed by atoms with van der Waals surface area (Å²) < 4.78 is 14.5. The SMILES string of the molecule is OCc1ncnn1Cc1cc(F)ccc1Cl. The lowest BCUT2D eigenvalue weighted by Gasteiger charge is -2.06. The van der Waals surface area contributed by atoms with Crippen molar-refractivity contribution in [3.63, 3.8) is 0 Å². The molecule has 0 unspecified atom stereocenters. The molecule has 0 fully saturated rings. The lowest BCUT2D eigenvalue weighted by atomic mass is 10.2. The second-order valence-electron chi connectivity index (χ2n) is 3.23. The van der Waals surface area contributed by atoms with Gasteiger partial charge in [-0.05, 0) is 23.8 Å². The molecule has 0 saturated carbocycles. The van der Waals surface area contributed by atoms with Gasteiger partial charge in [-0.2, -0.15) is 5.10 Å². The summed E-state index contributed by atoms with van der Waals surface area (Å²) in [4.78, 5) is 3.85. The molecule has 1 aromatic heterocycles. The molecule has 0 atom stereocenters. The van der Waals surface area contributed by atoms with E-state index in [1.807, 2.05) is 0 Å². The average molecular weight is 242 g/mol. The van der Waals surface area contributed by atoms with Crippen LogP contribution >= 0.6 is 11.6 Å². The van der Waals surface area contributed by atoms with E-state index in [9.17, 15) is 4.39 Å². The van der Waals surface area contributed by atoms with Crippen LogP contribution in [0.25, 0.3) is 0 Å². The van der Waals surface area contributed by atoms with Crippen molar-refractivity contribution in [3.8, 4) is 0 Å². The summed E-state index contributed by atoms with van der Waals surface area (Å²) in [7, 11) is 0. The van der Waals surface area contributed by atoms with Crippen LogP contribution in [0.15, 0.2) is 24.5 Å². The van der Waals surface area contributed by atoms with Crippen LogP contribution in [0.5, 0.6) is 0 Å². The molecule has 6 heteroatoms. The molecule has 84 valence electrons. The highest BCUT2D eigenvalue weighted by molar-refractivity contribution is 6.31. The Balaban J connectivity index is 2.30. The Labute approximate surface area is 96.3 Å². The number of halogens is 2. The van der Waals surface area contributed by atoms with Crippen molar-refractivity contribution in [2.45, 2.75) is 13.2 Å². The number of aromatic nitrogens is 3. The third-order valence-corrected chi connectivity index (χ3v) is 2.53. The number of hydrogen-bond donors (Lipinski definition) is 1. The van der Waals surface area contributed by atoms with Crippen LogP contribution in [0.2, 0.25) is 5.02 Å². The van der Waals surface area contributed by atoms with Gasteiger partial charge in [-0.1, -0.05) is 11.6 Å². The molecule has 0 aliphatic rings. The summed E-state index contributed by atoms with van der Waals surface area (Å²) in [6, 6.07) is 4.12. The van der Waals surface area contributed by atoms with Crippen molar-refractivity contribution in [3.05, 3.63) is 46.8 Å². The number of nitrogens with zero attached hydrogens (tertiary/aromatic N) is 3. The smallest absolute Gasteiger partial charge is 0.152 e. The van der Waals surface area contributed by atoms with E-state index in [-0.39, 0.29) is 19.0 Å². The van der Waals surface area contributed by atoms with E-state index in [0.29, 0.717) is 16.4 Å². The lowest BCUT2D eigenvalue weighted by Crippen LogP contribution is -2.07. The Morgan fingerprint density at radius 3 is 3.00 bits per heavy atom. The predicted molar refractivity (Wildman–Crippen MR) is 56.5 cm³/mol. The van der Waals surface area contributed by atoms with Crippen LogP contribution in [-0.4, -0.2) is 19.9 Å². The van der Waals surface area contributed by atoms with Gasteiger partial charge in [-0.25, -0.2) is 14.1 Å². The monoisotopic (exact) mass is 241 g/mol. The number of aliphatic hydroxyl groups excluding tert-OH is 1. The molecule has 0 bridgehead atoms. The standard InChI is InChI=1S/C10H9ClFN3O/c11-9-2-1-8(12)3-7(9)4-15-10(5-16)13-6-14-15/h1-3,6,16H,4-5H2. The van der Waals surface area contributed by atoms with Crippen LogP contribution < -0.4 is 0 Å². The Bertz CT molecular complexity index is 501. The van der Waals surface area contributed by atoms with Gasteiger partial charge in [0.15, 0.2) is 5.82 Å². The zero-order chi connectivity index (χ0) is 11.5. The Morgan fingerprint density at radius 2 is 2.25 bits per heavy atom. The zero-order valence-electron chi connectivity index (χ0n) is 8.27. The molecular formula is C10H9ClFN3O. The van der Waals surface area contributed by atoms with E-state index < -0.39 is 0 Å². The molecule has 0 amide bonds. The van der Waals surface area contributed by atoms with E-state index in [0.717, 1.165) is 0 Å². The van der Waals surface area contributed by atoms with Gasteiger partial charge in [0.2, 0.25) is 0 Å². The molecule has 4 nitrogen and oxygen atoms in total. The quantitative estimate of drug-likeness (QED) is 0.888. The second-order valence-corrected chi connectivity index (χ2v) is 3.63. The van der Waals surface area contributed by atoms with E-state index in [2.05, 4.69) is 10.1 Å². The predicted octanol–water partition coefficient (Wildman–Crippen LogP) is 1.61. The van der Waals surface area contributed by atoms with Crippen molar-refractivity contribution < 1.29 is 9.50 Å². The van der Waals surface area contributed by atoms with E-state index in [4.69, 9.17) is 16.7 Å². The van der Waals surface area contributed by atoms with Crippen molar-refractivity contribution in [2.24, 2.45) is 0 Å². The van der Waals surface area contributed by atoms with Crippen LogP contribution in [0.4, 0.5) is 4.39 Å². The topological polar surface area (TPSA) is 50.9 Å². The summed E-state index contributed by atoms with van der Waals surface area (Å²) in [6.45, 7) is 0.0689. The van der Waals surface area contributed by atoms with Crippen LogP contribution in [0.3, 0.4) is 0 Å². The zero-order valence-corrected chi connectivity index (χ0v) is 9.02. The van der Waals surface area contributed by atoms with Gasteiger partial charge in [0.1, 0.15) is 18.8 Å². The first-order chi connectivity index (χ1) is 7.70. The Hall–Kier alpha value is -1.46. The minimum absolute atomic E-state index is 0.215. The molecule has 0 saturated heterocycles. The molecule has 2 aromatic rings. The van der Waals surface area contributed by atoms with Gasteiger partial charge >= 0.3 is 0 Å². The third kappa shape index (κ3) is 2.20. The molecule has 0 spiro atoms. The second kappa shape index (κ2) is 4.59. The van der Waals surface area contributed by atoms with Gasteiger partial charge in [0, 0.05) is 5.02 Å². The van der Waals surface area contributed by atoms with Crippen molar-refractivity contribution in [2.75, 3.05) is 0 Å². The van der Waals surface area contributed by atoms with Crippen molar-refractivity contribution in [1.29, 1.82) is 0 Å². The molecule has 16 heavy (non-hydrogen) atoms. The summed E-state index contributed by atoms with van der Waals surface area (Å²) in [5.74, 6) is 0.0605. The van der Waals surface area contributed by atoms with E-state index >= 15 is 0 Å². The molecule has 2 rings (SSSR count). The maximum absolute atomic E-state index is 13.0. The fraction of sp³-hybridized carbons (Fsp3) is 0.200. The van der Waals surface area contributed by atoms with Gasteiger partial charge in [0.25, 0.3) is 0 Å². The first-order valence-corrected chi connectivity index (χ1v) is 5.00. The lowest BCUT2D eigenvalue weighted by molar-refractivity contribution is 0.264. The molecule has 0 radical (unpaired) electrons. The fourth-order valence-corrected chi connectivity index (χ4v) is 1.55. The maximum Gasteiger partial charge on any atom is 0.152 e. The number of benzene rings is 1. The Kier molecular flexibility index (Phi) is 3.17. The highest BCUT2D eigenvalue weighted by Crippen LogP contribution is 2.18. The molecule has 0 aliphatic heterocycles. The average Bonchev–Trinajstić information content (AvgIpc) is 2.71. The third-order valence-electron chi connectivity index (χ3n) is 2.17. The minimum atomic E-state index is -0.356. The molecule has 0 aliphatic carbocycles. The normalized spacial score (nSPS) is 10.7. The van der Waals surface area contributed by atoms with E-state index in [1.54, 1.807) is 0 Å². The first-order valence-electron chi connectivity index (χ1n) is 4.62. The van der Waals surface area contributed by atoms with Gasteiger partial charge < -0.3 is 5.11 Å². The van der Waals surface area contributed by atoms with Crippen molar-refractivity contribution in [1.82, 2.24) is 14.8 Å². The summed E-state index contributed by atoms with van der Waals surface area (Å²) in [5.41, 5.74) is 0.599. The van der Waals surface area contributed by atoms with Gasteiger partial charge in [0.05, 0.1) is 6.54 Å². The number of aliphatic hydroxyl groups is 1. The van der Waals surface area contributed by atoms with Crippen molar-refractivity contribution >= 4 is 11.6 Å². The highest BCUT2D eigenvalue weighted by atomic mass is 35.5. The highest BCUT2D eigenvalue weighted by Gasteiger charge is 2.07. The summed E-state index contributed by atoms with van der Waals surface area (Å²) >= 11 is 5.92. The number of rotatable bonds is 3.